The number of hydrogen-bond acceptors (Lipinski definition) is 4. The van der Waals surface area contributed by atoms with Crippen molar-refractivity contribution >= 4 is 43.6 Å². The summed E-state index contributed by atoms with van der Waals surface area (Å²) in [6, 6.07) is -0.728. The first kappa shape index (κ1) is 17.9. The van der Waals surface area contributed by atoms with Crippen LogP contribution in [-0.4, -0.2) is 44.7 Å². The van der Waals surface area contributed by atoms with Crippen LogP contribution in [0.25, 0.3) is 0 Å². The van der Waals surface area contributed by atoms with E-state index in [1.54, 1.807) is 11.8 Å². The minimum Gasteiger partial charge on any atom is -0.350 e. The van der Waals surface area contributed by atoms with Crippen LogP contribution in [0.1, 0.15) is 13.3 Å². The molecule has 1 atom stereocenters. The van der Waals surface area contributed by atoms with Crippen molar-refractivity contribution in [3.63, 3.8) is 0 Å². The fourth-order valence-electron chi connectivity index (χ4n) is 1.09. The number of nitrogens with one attached hydrogen (secondary N) is 2. The Balaban J connectivity index is 4.56. The zero-order chi connectivity index (χ0) is 14.2. The highest BCUT2D eigenvalue weighted by Gasteiger charge is 2.22. The number of rotatable bonds is 9. The molecule has 0 aromatic carbocycles. The molecule has 1 amide bonds. The zero-order valence-electron chi connectivity index (χ0n) is 10.5. The first-order valence-corrected chi connectivity index (χ1v) is 9.26. The van der Waals surface area contributed by atoms with E-state index in [2.05, 4.69) is 32.5 Å². The molecule has 0 saturated heterocycles. The van der Waals surface area contributed by atoms with Crippen molar-refractivity contribution in [2.75, 3.05) is 24.3 Å². The van der Waals surface area contributed by atoms with Gasteiger partial charge >= 0.3 is 0 Å². The topological polar surface area (TPSA) is 75.3 Å². The van der Waals surface area contributed by atoms with Crippen LogP contribution in [0.3, 0.4) is 0 Å². The second kappa shape index (κ2) is 8.95. The van der Waals surface area contributed by atoms with E-state index in [-0.39, 0.29) is 18.2 Å². The maximum absolute atomic E-state index is 11.8. The molecule has 5 nitrogen and oxygen atoms in total. The van der Waals surface area contributed by atoms with Gasteiger partial charge in [-0.15, -0.1) is 0 Å². The van der Waals surface area contributed by atoms with Gasteiger partial charge in [-0.1, -0.05) is 22.5 Å². The van der Waals surface area contributed by atoms with Gasteiger partial charge in [-0.2, -0.15) is 11.8 Å². The van der Waals surface area contributed by atoms with Crippen LogP contribution in [0.2, 0.25) is 0 Å². The Kier molecular flexibility index (Phi) is 8.93. The molecule has 18 heavy (non-hydrogen) atoms. The number of halogens is 1. The molecular formula is C10H19BrN2O3S2. The van der Waals surface area contributed by atoms with Gasteiger partial charge in [0.05, 0.1) is 5.75 Å². The van der Waals surface area contributed by atoms with Crippen molar-refractivity contribution < 1.29 is 13.2 Å². The summed E-state index contributed by atoms with van der Waals surface area (Å²) in [5.74, 6) is 0.336. The number of thioether (sulfide) groups is 1. The van der Waals surface area contributed by atoms with Crippen LogP contribution in [0, 0.1) is 0 Å². The lowest BCUT2D eigenvalue weighted by Gasteiger charge is -2.17. The lowest BCUT2D eigenvalue weighted by molar-refractivity contribution is -0.122. The summed E-state index contributed by atoms with van der Waals surface area (Å²) in [4.78, 5) is 11.8. The van der Waals surface area contributed by atoms with Crippen molar-refractivity contribution in [3.8, 4) is 0 Å². The van der Waals surface area contributed by atoms with Gasteiger partial charge in [0.25, 0.3) is 0 Å². The van der Waals surface area contributed by atoms with Crippen molar-refractivity contribution in [1.82, 2.24) is 10.0 Å². The molecule has 2 N–H and O–H groups in total. The highest BCUT2D eigenvalue weighted by Crippen LogP contribution is 2.04. The SMILES string of the molecule is C=C(Br)CNC(=O)C(CCSC)NS(=O)(=O)CC. The Morgan fingerprint density at radius 1 is 1.50 bits per heavy atom. The second-order valence-corrected chi connectivity index (χ2v) is 7.74. The Hall–Kier alpha value is -0.0500. The molecule has 0 aliphatic carbocycles. The standard InChI is InChI=1S/C10H19BrN2O3S2/c1-4-18(15,16)13-9(5-6-17-3)10(14)12-7-8(2)11/h9,13H,2,4-7H2,1,3H3,(H,12,14). The molecule has 8 heteroatoms. The quantitative estimate of drug-likeness (QED) is 0.646. The van der Waals surface area contributed by atoms with E-state index in [0.29, 0.717) is 16.7 Å². The highest BCUT2D eigenvalue weighted by atomic mass is 79.9. The summed E-state index contributed by atoms with van der Waals surface area (Å²) in [5.41, 5.74) is 0. The third-order valence-electron chi connectivity index (χ3n) is 2.08. The van der Waals surface area contributed by atoms with Gasteiger partial charge in [0, 0.05) is 11.0 Å². The van der Waals surface area contributed by atoms with Crippen LogP contribution in [0.5, 0.6) is 0 Å². The van der Waals surface area contributed by atoms with E-state index in [9.17, 15) is 13.2 Å². The van der Waals surface area contributed by atoms with Crippen LogP contribution in [-0.2, 0) is 14.8 Å². The van der Waals surface area contributed by atoms with Crippen LogP contribution < -0.4 is 10.0 Å². The van der Waals surface area contributed by atoms with E-state index in [1.165, 1.54) is 6.92 Å². The van der Waals surface area contributed by atoms with E-state index in [1.807, 2.05) is 6.26 Å². The number of amides is 1. The van der Waals surface area contributed by atoms with Crippen LogP contribution in [0.4, 0.5) is 0 Å². The van der Waals surface area contributed by atoms with Crippen molar-refractivity contribution in [3.05, 3.63) is 11.1 Å². The van der Waals surface area contributed by atoms with Crippen molar-refractivity contribution in [2.45, 2.75) is 19.4 Å². The summed E-state index contributed by atoms with van der Waals surface area (Å²) >= 11 is 4.69. The third-order valence-corrected chi connectivity index (χ3v) is 4.41. The van der Waals surface area contributed by atoms with E-state index >= 15 is 0 Å². The Morgan fingerprint density at radius 3 is 2.56 bits per heavy atom. The predicted molar refractivity (Wildman–Crippen MR) is 80.5 cm³/mol. The summed E-state index contributed by atoms with van der Waals surface area (Å²) in [6.45, 7) is 5.41. The molecule has 0 bridgehead atoms. The van der Waals surface area contributed by atoms with Gasteiger partial charge in [-0.3, -0.25) is 4.79 Å². The minimum atomic E-state index is -3.39. The monoisotopic (exact) mass is 358 g/mol. The summed E-state index contributed by atoms with van der Waals surface area (Å²) in [5, 5.41) is 2.62. The van der Waals surface area contributed by atoms with E-state index in [0.717, 1.165) is 0 Å². The van der Waals surface area contributed by atoms with Gasteiger partial charge in [-0.05, 0) is 25.4 Å². The maximum Gasteiger partial charge on any atom is 0.238 e. The molecule has 106 valence electrons. The molecule has 0 saturated carbocycles. The molecule has 0 rings (SSSR count). The van der Waals surface area contributed by atoms with Gasteiger partial charge in [0.2, 0.25) is 15.9 Å². The molecule has 0 spiro atoms. The summed E-state index contributed by atoms with van der Waals surface area (Å²) < 4.78 is 26.0. The number of carbonyl (C=O) groups is 1. The molecule has 0 heterocycles. The average Bonchev–Trinajstić information content (AvgIpc) is 2.31. The van der Waals surface area contributed by atoms with Crippen LogP contribution in [0.15, 0.2) is 11.1 Å². The number of carbonyl (C=O) groups excluding carboxylic acids is 1. The first-order chi connectivity index (χ1) is 8.32. The fraction of sp³-hybridized carbons (Fsp3) is 0.700. The molecule has 0 aromatic rings. The van der Waals surface area contributed by atoms with E-state index < -0.39 is 16.1 Å². The normalized spacial score (nSPS) is 13.1. The van der Waals surface area contributed by atoms with Crippen LogP contribution >= 0.6 is 27.7 Å². The Morgan fingerprint density at radius 2 is 2.11 bits per heavy atom. The molecular weight excluding hydrogens is 340 g/mol. The smallest absolute Gasteiger partial charge is 0.238 e. The summed E-state index contributed by atoms with van der Waals surface area (Å²) in [7, 11) is -3.39. The highest BCUT2D eigenvalue weighted by molar-refractivity contribution is 9.11. The molecule has 0 fully saturated rings. The summed E-state index contributed by atoms with van der Waals surface area (Å²) in [6.07, 6.45) is 2.37. The largest absolute Gasteiger partial charge is 0.350 e. The average molecular weight is 359 g/mol. The van der Waals surface area contributed by atoms with E-state index in [4.69, 9.17) is 0 Å². The fourth-order valence-corrected chi connectivity index (χ4v) is 2.52. The Bertz CT molecular complexity index is 385. The lowest BCUT2D eigenvalue weighted by atomic mass is 10.2. The number of hydrogen-bond donors (Lipinski definition) is 2. The van der Waals surface area contributed by atoms with Crippen molar-refractivity contribution in [1.29, 1.82) is 0 Å². The Labute approximate surface area is 121 Å². The third kappa shape index (κ3) is 8.12. The van der Waals surface area contributed by atoms with Crippen molar-refractivity contribution in [2.24, 2.45) is 0 Å². The van der Waals surface area contributed by atoms with Gasteiger partial charge < -0.3 is 5.32 Å². The molecule has 0 aliphatic rings. The van der Waals surface area contributed by atoms with Gasteiger partial charge in [0.1, 0.15) is 6.04 Å². The van der Waals surface area contributed by atoms with Gasteiger partial charge in [-0.25, -0.2) is 13.1 Å². The molecule has 0 radical (unpaired) electrons. The minimum absolute atomic E-state index is 0.0405. The lowest BCUT2D eigenvalue weighted by Crippen LogP contribution is -2.47. The second-order valence-electron chi connectivity index (χ2n) is 3.59. The molecule has 0 aromatic heterocycles. The molecule has 0 aliphatic heterocycles. The predicted octanol–water partition coefficient (Wildman–Crippen LogP) is 1.07. The zero-order valence-corrected chi connectivity index (χ0v) is 13.8. The van der Waals surface area contributed by atoms with Gasteiger partial charge in [0.15, 0.2) is 0 Å². The maximum atomic E-state index is 11.8. The first-order valence-electron chi connectivity index (χ1n) is 5.42. The molecule has 1 unspecified atom stereocenters. The number of sulfonamides is 1.